The molecule has 0 aromatic heterocycles. The minimum atomic E-state index is -0.618. The lowest BCUT2D eigenvalue weighted by atomic mass is 10.0. The first kappa shape index (κ1) is 19.3. The van der Waals surface area contributed by atoms with Crippen LogP contribution in [0.4, 0.5) is 0 Å². The van der Waals surface area contributed by atoms with E-state index in [2.05, 4.69) is 10.1 Å². The van der Waals surface area contributed by atoms with Crippen LogP contribution in [0.2, 0.25) is 5.02 Å². The number of rotatable bonds is 8. The Morgan fingerprint density at radius 2 is 2.00 bits per heavy atom. The third-order valence-electron chi connectivity index (χ3n) is 3.38. The highest BCUT2D eigenvalue weighted by molar-refractivity contribution is 6.31. The van der Waals surface area contributed by atoms with Crippen molar-refractivity contribution in [1.82, 2.24) is 5.32 Å². The van der Waals surface area contributed by atoms with Crippen LogP contribution in [0.3, 0.4) is 0 Å². The highest BCUT2D eigenvalue weighted by Gasteiger charge is 2.24. The summed E-state index contributed by atoms with van der Waals surface area (Å²) in [5.74, 6) is 0.0767. The number of amides is 1. The number of benzene rings is 1. The Balaban J connectivity index is 2.35. The average molecular weight is 342 g/mol. The fourth-order valence-electron chi connectivity index (χ4n) is 2.00. The zero-order chi connectivity index (χ0) is 17.4. The van der Waals surface area contributed by atoms with Crippen LogP contribution < -0.4 is 10.1 Å². The van der Waals surface area contributed by atoms with E-state index in [1.54, 1.807) is 12.1 Å². The van der Waals surface area contributed by atoms with Gasteiger partial charge in [-0.15, -0.1) is 0 Å². The second-order valence-electron chi connectivity index (χ2n) is 5.68. The Hall–Kier alpha value is -1.75. The van der Waals surface area contributed by atoms with E-state index in [9.17, 15) is 9.59 Å². The van der Waals surface area contributed by atoms with Gasteiger partial charge in [-0.1, -0.05) is 25.4 Å². The van der Waals surface area contributed by atoms with Crippen LogP contribution in [-0.2, 0) is 14.3 Å². The van der Waals surface area contributed by atoms with Crippen LogP contribution in [0.5, 0.6) is 5.75 Å². The zero-order valence-electron chi connectivity index (χ0n) is 14.0. The Kier molecular flexibility index (Phi) is 7.89. The van der Waals surface area contributed by atoms with Crippen LogP contribution in [0, 0.1) is 12.8 Å². The number of carbonyl (C=O) groups is 2. The SMILES string of the molecule is COC(=O)C(NC(=O)CCCOc1ccc(Cl)c(C)c1)C(C)C. The van der Waals surface area contributed by atoms with E-state index in [1.165, 1.54) is 7.11 Å². The normalized spacial score (nSPS) is 11.9. The molecule has 0 bridgehead atoms. The molecule has 0 spiro atoms. The van der Waals surface area contributed by atoms with Crippen molar-refractivity contribution < 1.29 is 19.1 Å². The fraction of sp³-hybridized carbons (Fsp3) is 0.529. The molecule has 0 aliphatic rings. The van der Waals surface area contributed by atoms with Crippen molar-refractivity contribution in [2.75, 3.05) is 13.7 Å². The van der Waals surface area contributed by atoms with Gasteiger partial charge in [-0.25, -0.2) is 4.79 Å². The lowest BCUT2D eigenvalue weighted by Gasteiger charge is -2.19. The van der Waals surface area contributed by atoms with Gasteiger partial charge in [-0.2, -0.15) is 0 Å². The number of nitrogens with one attached hydrogen (secondary N) is 1. The monoisotopic (exact) mass is 341 g/mol. The maximum absolute atomic E-state index is 11.9. The summed E-state index contributed by atoms with van der Waals surface area (Å²) in [7, 11) is 1.31. The van der Waals surface area contributed by atoms with Crippen LogP contribution >= 0.6 is 11.6 Å². The van der Waals surface area contributed by atoms with Crippen molar-refractivity contribution in [3.05, 3.63) is 28.8 Å². The number of hydrogen-bond acceptors (Lipinski definition) is 4. The molecule has 0 aliphatic heterocycles. The minimum Gasteiger partial charge on any atom is -0.494 e. The van der Waals surface area contributed by atoms with Crippen molar-refractivity contribution in [3.63, 3.8) is 0 Å². The first-order valence-electron chi connectivity index (χ1n) is 7.61. The highest BCUT2D eigenvalue weighted by atomic mass is 35.5. The summed E-state index contributed by atoms with van der Waals surface area (Å²) < 4.78 is 10.3. The maximum Gasteiger partial charge on any atom is 0.328 e. The number of esters is 1. The number of halogens is 1. The van der Waals surface area contributed by atoms with Gasteiger partial charge in [-0.3, -0.25) is 4.79 Å². The Morgan fingerprint density at radius 3 is 2.57 bits per heavy atom. The first-order chi connectivity index (χ1) is 10.8. The van der Waals surface area contributed by atoms with E-state index in [0.717, 1.165) is 11.3 Å². The average Bonchev–Trinajstić information content (AvgIpc) is 2.51. The molecule has 0 radical (unpaired) electrons. The van der Waals surface area contributed by atoms with Gasteiger partial charge < -0.3 is 14.8 Å². The van der Waals surface area contributed by atoms with Crippen LogP contribution in [-0.4, -0.2) is 31.6 Å². The largest absolute Gasteiger partial charge is 0.494 e. The topological polar surface area (TPSA) is 64.6 Å². The van der Waals surface area contributed by atoms with Crippen LogP contribution in [0.15, 0.2) is 18.2 Å². The predicted octanol–water partition coefficient (Wildman–Crippen LogP) is 3.12. The summed E-state index contributed by atoms with van der Waals surface area (Å²) in [4.78, 5) is 23.5. The lowest BCUT2D eigenvalue weighted by molar-refractivity contribution is -0.146. The molecule has 1 aromatic carbocycles. The van der Waals surface area contributed by atoms with E-state index in [-0.39, 0.29) is 18.2 Å². The number of hydrogen-bond donors (Lipinski definition) is 1. The molecule has 1 aromatic rings. The van der Waals surface area contributed by atoms with Gasteiger partial charge in [-0.05, 0) is 43.0 Å². The predicted molar refractivity (Wildman–Crippen MR) is 89.7 cm³/mol. The molecule has 0 saturated heterocycles. The molecule has 1 atom stereocenters. The molecular formula is C17H24ClNO4. The van der Waals surface area contributed by atoms with Gasteiger partial charge in [0.15, 0.2) is 0 Å². The first-order valence-corrected chi connectivity index (χ1v) is 7.99. The van der Waals surface area contributed by atoms with E-state index in [0.29, 0.717) is 18.1 Å². The molecule has 1 unspecified atom stereocenters. The van der Waals surface area contributed by atoms with Gasteiger partial charge in [0.25, 0.3) is 0 Å². The van der Waals surface area contributed by atoms with E-state index >= 15 is 0 Å². The fourth-order valence-corrected chi connectivity index (χ4v) is 2.12. The van der Waals surface area contributed by atoms with Crippen molar-refractivity contribution in [2.24, 2.45) is 5.92 Å². The van der Waals surface area contributed by atoms with E-state index < -0.39 is 12.0 Å². The van der Waals surface area contributed by atoms with Gasteiger partial charge in [0.2, 0.25) is 5.91 Å². The quantitative estimate of drug-likeness (QED) is 0.583. The highest BCUT2D eigenvalue weighted by Crippen LogP contribution is 2.21. The second-order valence-corrected chi connectivity index (χ2v) is 6.08. The third kappa shape index (κ3) is 6.48. The number of methoxy groups -OCH3 is 1. The number of carbonyl (C=O) groups excluding carboxylic acids is 2. The summed E-state index contributed by atoms with van der Waals surface area (Å²) in [6.45, 7) is 6.03. The van der Waals surface area contributed by atoms with Crippen molar-refractivity contribution in [2.45, 2.75) is 39.7 Å². The van der Waals surface area contributed by atoms with Gasteiger partial charge in [0.1, 0.15) is 11.8 Å². The molecule has 5 nitrogen and oxygen atoms in total. The van der Waals surface area contributed by atoms with E-state index in [1.807, 2.05) is 26.8 Å². The minimum absolute atomic E-state index is 0.0281. The van der Waals surface area contributed by atoms with E-state index in [4.69, 9.17) is 16.3 Å². The van der Waals surface area contributed by atoms with Crippen LogP contribution in [0.25, 0.3) is 0 Å². The van der Waals surface area contributed by atoms with Crippen molar-refractivity contribution in [3.8, 4) is 5.75 Å². The van der Waals surface area contributed by atoms with Gasteiger partial charge in [0.05, 0.1) is 13.7 Å². The summed E-state index contributed by atoms with van der Waals surface area (Å²) in [6, 6.07) is 4.81. The Bertz CT molecular complexity index is 545. The molecule has 0 aliphatic carbocycles. The van der Waals surface area contributed by atoms with Crippen molar-refractivity contribution >= 4 is 23.5 Å². The van der Waals surface area contributed by atoms with Crippen molar-refractivity contribution in [1.29, 1.82) is 0 Å². The molecule has 1 N–H and O–H groups in total. The molecule has 6 heteroatoms. The Morgan fingerprint density at radius 1 is 1.30 bits per heavy atom. The molecule has 1 rings (SSSR count). The molecule has 23 heavy (non-hydrogen) atoms. The van der Waals surface area contributed by atoms with Gasteiger partial charge in [0, 0.05) is 11.4 Å². The molecule has 0 heterocycles. The third-order valence-corrected chi connectivity index (χ3v) is 3.81. The second kappa shape index (κ2) is 9.40. The smallest absolute Gasteiger partial charge is 0.328 e. The van der Waals surface area contributed by atoms with Gasteiger partial charge >= 0.3 is 5.97 Å². The Labute approximate surface area is 142 Å². The molecule has 0 saturated carbocycles. The summed E-state index contributed by atoms with van der Waals surface area (Å²) in [5, 5.41) is 3.39. The lowest BCUT2D eigenvalue weighted by Crippen LogP contribution is -2.45. The zero-order valence-corrected chi connectivity index (χ0v) is 14.8. The standard InChI is InChI=1S/C17H24ClNO4/c1-11(2)16(17(21)22-4)19-15(20)6-5-9-23-13-7-8-14(18)12(3)10-13/h7-8,10-11,16H,5-6,9H2,1-4H3,(H,19,20). The number of ether oxygens (including phenoxy) is 2. The molecule has 1 amide bonds. The molecule has 128 valence electrons. The summed E-state index contributed by atoms with van der Waals surface area (Å²) >= 11 is 5.95. The summed E-state index contributed by atoms with van der Waals surface area (Å²) in [5.41, 5.74) is 0.944. The molecule has 0 fully saturated rings. The number of aryl methyl sites for hydroxylation is 1. The summed E-state index contributed by atoms with van der Waals surface area (Å²) in [6.07, 6.45) is 0.840. The van der Waals surface area contributed by atoms with Crippen LogP contribution in [0.1, 0.15) is 32.3 Å². The molecular weight excluding hydrogens is 318 g/mol. The maximum atomic E-state index is 11.9.